The topological polar surface area (TPSA) is 48.1 Å². The van der Waals surface area contributed by atoms with E-state index >= 15 is 0 Å². The number of fused-ring (bicyclic) bond motifs is 1. The van der Waals surface area contributed by atoms with Gasteiger partial charge in [-0.3, -0.25) is 0 Å². The highest BCUT2D eigenvalue weighted by molar-refractivity contribution is 9.10. The minimum atomic E-state index is -0.433. The fraction of sp³-hybridized carbons (Fsp3) is 0.0625. The van der Waals surface area contributed by atoms with Crippen LogP contribution in [0.25, 0.3) is 10.9 Å². The molecule has 0 saturated heterocycles. The fourth-order valence-corrected chi connectivity index (χ4v) is 2.40. The Hall–Kier alpha value is -2.14. The van der Waals surface area contributed by atoms with E-state index < -0.39 is 5.82 Å². The molecule has 3 nitrogen and oxygen atoms in total. The van der Waals surface area contributed by atoms with Crippen LogP contribution in [0.1, 0.15) is 5.56 Å². The molecule has 0 saturated carbocycles. The Labute approximate surface area is 129 Å². The number of aromatic nitrogens is 1. The normalized spacial score (nSPS) is 10.8. The number of rotatable bonds is 2. The van der Waals surface area contributed by atoms with Crippen molar-refractivity contribution in [3.8, 4) is 11.6 Å². The van der Waals surface area contributed by atoms with Gasteiger partial charge in [0.25, 0.3) is 0 Å². The number of hydrogen-bond acceptors (Lipinski definition) is 3. The minimum absolute atomic E-state index is 0.251. The summed E-state index contributed by atoms with van der Waals surface area (Å²) in [6, 6.07) is 12.4. The summed E-state index contributed by atoms with van der Waals surface area (Å²) in [5.74, 6) is 0.237. The van der Waals surface area contributed by atoms with Gasteiger partial charge in [0.1, 0.15) is 5.82 Å². The van der Waals surface area contributed by atoms with Gasteiger partial charge in [-0.15, -0.1) is 0 Å². The smallest absolute Gasteiger partial charge is 0.222 e. The van der Waals surface area contributed by atoms with Crippen LogP contribution in [-0.4, -0.2) is 4.98 Å². The first-order chi connectivity index (χ1) is 10.0. The number of pyridine rings is 1. The molecule has 0 aliphatic heterocycles. The van der Waals surface area contributed by atoms with Crippen LogP contribution < -0.4 is 10.5 Å². The van der Waals surface area contributed by atoms with Crippen molar-refractivity contribution in [2.24, 2.45) is 0 Å². The lowest BCUT2D eigenvalue weighted by Crippen LogP contribution is -1.97. The van der Waals surface area contributed by atoms with Gasteiger partial charge in [-0.1, -0.05) is 18.2 Å². The molecular formula is C16H12BrFN2O. The van der Waals surface area contributed by atoms with Gasteiger partial charge in [0.2, 0.25) is 5.88 Å². The van der Waals surface area contributed by atoms with Gasteiger partial charge in [-0.2, -0.15) is 0 Å². The number of nitrogen functional groups attached to an aromatic ring is 1. The quantitative estimate of drug-likeness (QED) is 0.676. The number of ether oxygens (including phenoxy) is 1. The molecular weight excluding hydrogens is 335 g/mol. The second kappa shape index (κ2) is 5.33. The number of nitrogens with zero attached hydrogens (tertiary/aromatic N) is 1. The molecule has 2 aromatic carbocycles. The Balaban J connectivity index is 2.05. The molecule has 0 bridgehead atoms. The predicted octanol–water partition coefficient (Wildman–Crippen LogP) is 4.82. The zero-order valence-electron chi connectivity index (χ0n) is 11.2. The third-order valence-corrected chi connectivity index (χ3v) is 3.74. The zero-order valence-corrected chi connectivity index (χ0v) is 12.8. The number of benzene rings is 2. The molecule has 0 spiro atoms. The van der Waals surface area contributed by atoms with Gasteiger partial charge < -0.3 is 10.5 Å². The van der Waals surface area contributed by atoms with Crippen molar-refractivity contribution in [1.82, 2.24) is 4.98 Å². The highest BCUT2D eigenvalue weighted by Gasteiger charge is 2.11. The number of anilines is 1. The van der Waals surface area contributed by atoms with Crippen molar-refractivity contribution in [2.75, 3.05) is 5.73 Å². The highest BCUT2D eigenvalue weighted by atomic mass is 79.9. The number of hydrogen-bond donors (Lipinski definition) is 1. The number of halogens is 2. The van der Waals surface area contributed by atoms with Crippen LogP contribution in [0.2, 0.25) is 0 Å². The van der Waals surface area contributed by atoms with E-state index in [1.807, 2.05) is 37.3 Å². The summed E-state index contributed by atoms with van der Waals surface area (Å²) in [4.78, 5) is 4.45. The van der Waals surface area contributed by atoms with Crippen molar-refractivity contribution in [3.63, 3.8) is 0 Å². The second-order valence-corrected chi connectivity index (χ2v) is 5.56. The van der Waals surface area contributed by atoms with Crippen LogP contribution in [0.15, 0.2) is 46.9 Å². The molecule has 0 radical (unpaired) electrons. The van der Waals surface area contributed by atoms with Crippen molar-refractivity contribution in [2.45, 2.75) is 6.92 Å². The van der Waals surface area contributed by atoms with Gasteiger partial charge in [-0.25, -0.2) is 9.37 Å². The molecule has 3 aromatic rings. The molecule has 0 amide bonds. The van der Waals surface area contributed by atoms with Crippen molar-refractivity contribution in [3.05, 3.63) is 58.3 Å². The maximum Gasteiger partial charge on any atom is 0.222 e. The first-order valence-electron chi connectivity index (χ1n) is 6.33. The Morgan fingerprint density at radius 3 is 2.76 bits per heavy atom. The molecule has 0 aliphatic carbocycles. The van der Waals surface area contributed by atoms with Crippen LogP contribution in [0.4, 0.5) is 10.1 Å². The molecule has 1 heterocycles. The van der Waals surface area contributed by atoms with E-state index in [1.165, 1.54) is 12.1 Å². The number of para-hydroxylation sites is 1. The van der Waals surface area contributed by atoms with E-state index in [9.17, 15) is 4.39 Å². The summed E-state index contributed by atoms with van der Waals surface area (Å²) in [7, 11) is 0. The molecule has 106 valence electrons. The summed E-state index contributed by atoms with van der Waals surface area (Å²) in [6.07, 6.45) is 0. The SMILES string of the molecule is Cc1cc2ccccc2nc1Oc1cc(F)c(Br)cc1N. The Morgan fingerprint density at radius 1 is 1.19 bits per heavy atom. The van der Waals surface area contributed by atoms with Crippen LogP contribution in [0.3, 0.4) is 0 Å². The fourth-order valence-electron chi connectivity index (χ4n) is 2.04. The second-order valence-electron chi connectivity index (χ2n) is 4.71. The molecule has 5 heteroatoms. The Morgan fingerprint density at radius 2 is 1.95 bits per heavy atom. The lowest BCUT2D eigenvalue weighted by molar-refractivity contribution is 0.458. The molecule has 1 aromatic heterocycles. The van der Waals surface area contributed by atoms with Crippen LogP contribution in [-0.2, 0) is 0 Å². The summed E-state index contributed by atoms with van der Waals surface area (Å²) in [5, 5.41) is 1.03. The van der Waals surface area contributed by atoms with Gasteiger partial charge in [0.05, 0.1) is 15.7 Å². The van der Waals surface area contributed by atoms with Crippen molar-refractivity contribution < 1.29 is 9.13 Å². The third-order valence-electron chi connectivity index (χ3n) is 3.13. The molecule has 3 rings (SSSR count). The standard InChI is InChI=1S/C16H12BrFN2O/c1-9-6-10-4-2-3-5-14(10)20-16(9)21-15-8-12(18)11(17)7-13(15)19/h2-8H,19H2,1H3. The van der Waals surface area contributed by atoms with Gasteiger partial charge >= 0.3 is 0 Å². The third kappa shape index (κ3) is 2.69. The number of aryl methyl sites for hydroxylation is 1. The van der Waals surface area contributed by atoms with E-state index in [-0.39, 0.29) is 5.75 Å². The van der Waals surface area contributed by atoms with Crippen molar-refractivity contribution >= 4 is 32.5 Å². The molecule has 0 unspecified atom stereocenters. The predicted molar refractivity (Wildman–Crippen MR) is 85.1 cm³/mol. The van der Waals surface area contributed by atoms with E-state index in [4.69, 9.17) is 10.5 Å². The summed E-state index contributed by atoms with van der Waals surface area (Å²) in [6.45, 7) is 1.89. The Bertz CT molecular complexity index is 836. The van der Waals surface area contributed by atoms with E-state index in [1.54, 1.807) is 0 Å². The molecule has 2 N–H and O–H groups in total. The first-order valence-corrected chi connectivity index (χ1v) is 7.12. The lowest BCUT2D eigenvalue weighted by Gasteiger charge is -2.11. The zero-order chi connectivity index (χ0) is 15.0. The molecule has 21 heavy (non-hydrogen) atoms. The first kappa shape index (κ1) is 13.8. The molecule has 0 atom stereocenters. The number of nitrogens with two attached hydrogens (primary N) is 1. The van der Waals surface area contributed by atoms with Crippen LogP contribution in [0, 0.1) is 12.7 Å². The van der Waals surface area contributed by atoms with Crippen LogP contribution in [0.5, 0.6) is 11.6 Å². The van der Waals surface area contributed by atoms with E-state index in [2.05, 4.69) is 20.9 Å². The minimum Gasteiger partial charge on any atom is -0.436 e. The highest BCUT2D eigenvalue weighted by Crippen LogP contribution is 2.33. The summed E-state index contributed by atoms with van der Waals surface area (Å²) in [5.41, 5.74) is 7.87. The summed E-state index contributed by atoms with van der Waals surface area (Å²) < 4.78 is 19.6. The van der Waals surface area contributed by atoms with E-state index in [0.29, 0.717) is 16.0 Å². The van der Waals surface area contributed by atoms with E-state index in [0.717, 1.165) is 16.5 Å². The summed E-state index contributed by atoms with van der Waals surface area (Å²) >= 11 is 3.09. The van der Waals surface area contributed by atoms with Gasteiger partial charge in [0.15, 0.2) is 5.75 Å². The molecule has 0 aliphatic rings. The van der Waals surface area contributed by atoms with Crippen LogP contribution >= 0.6 is 15.9 Å². The van der Waals surface area contributed by atoms with Gasteiger partial charge in [0, 0.05) is 17.0 Å². The molecule has 0 fully saturated rings. The lowest BCUT2D eigenvalue weighted by atomic mass is 10.2. The van der Waals surface area contributed by atoms with Crippen molar-refractivity contribution in [1.29, 1.82) is 0 Å². The largest absolute Gasteiger partial charge is 0.436 e. The average molecular weight is 347 g/mol. The Kier molecular flexibility index (Phi) is 3.51. The monoisotopic (exact) mass is 346 g/mol. The maximum atomic E-state index is 13.6. The average Bonchev–Trinajstić information content (AvgIpc) is 2.45. The maximum absolute atomic E-state index is 13.6. The van der Waals surface area contributed by atoms with Gasteiger partial charge in [-0.05, 0) is 41.1 Å².